The third-order valence-corrected chi connectivity index (χ3v) is 2.89. The van der Waals surface area contributed by atoms with Crippen molar-refractivity contribution in [3.8, 4) is 0 Å². The maximum Gasteiger partial charge on any atom is 0.137 e. The topological polar surface area (TPSA) is 37.8 Å². The Labute approximate surface area is 120 Å². The van der Waals surface area contributed by atoms with Gasteiger partial charge in [-0.1, -0.05) is 20.8 Å². The number of benzene rings is 1. The second kappa shape index (κ2) is 5.25. The molecule has 1 N–H and O–H groups in total. The molecule has 1 aromatic heterocycles. The van der Waals surface area contributed by atoms with Crippen LogP contribution in [0.2, 0.25) is 0 Å². The van der Waals surface area contributed by atoms with E-state index in [0.717, 1.165) is 16.1 Å². The quantitative estimate of drug-likeness (QED) is 0.831. The molecule has 100 valence electrons. The molecule has 0 aliphatic rings. The minimum atomic E-state index is -0.259. The Bertz CT molecular complexity index is 576. The first-order valence-corrected chi connectivity index (χ1v) is 6.71. The number of rotatable bonds is 2. The summed E-state index contributed by atoms with van der Waals surface area (Å²) >= 11 is 3.38. The summed E-state index contributed by atoms with van der Waals surface area (Å²) in [5.41, 5.74) is 0.648. The zero-order chi connectivity index (χ0) is 14.0. The standard InChI is InChI=1S/C14H15BrFN3/c1-14(2,3)13-18-11(15)8-12(19-13)17-10-6-4-9(16)5-7-10/h4-8H,1-3H3,(H,17,18,19). The highest BCUT2D eigenvalue weighted by molar-refractivity contribution is 9.10. The van der Waals surface area contributed by atoms with Crippen LogP contribution in [0, 0.1) is 5.82 Å². The van der Waals surface area contributed by atoms with Crippen LogP contribution in [0.1, 0.15) is 26.6 Å². The first kappa shape index (κ1) is 13.9. The Balaban J connectivity index is 2.30. The van der Waals surface area contributed by atoms with Gasteiger partial charge in [0.05, 0.1) is 0 Å². The van der Waals surface area contributed by atoms with E-state index in [-0.39, 0.29) is 11.2 Å². The lowest BCUT2D eigenvalue weighted by atomic mass is 9.96. The molecule has 0 saturated heterocycles. The molecule has 0 fully saturated rings. The molecule has 0 aliphatic heterocycles. The molecule has 5 heteroatoms. The van der Waals surface area contributed by atoms with E-state index in [0.29, 0.717) is 5.82 Å². The first-order chi connectivity index (χ1) is 8.84. The molecule has 0 atom stereocenters. The van der Waals surface area contributed by atoms with E-state index in [9.17, 15) is 4.39 Å². The molecule has 19 heavy (non-hydrogen) atoms. The van der Waals surface area contributed by atoms with Crippen LogP contribution in [0.5, 0.6) is 0 Å². The van der Waals surface area contributed by atoms with E-state index in [4.69, 9.17) is 0 Å². The molecular formula is C14H15BrFN3. The van der Waals surface area contributed by atoms with E-state index >= 15 is 0 Å². The minimum Gasteiger partial charge on any atom is -0.340 e. The zero-order valence-electron chi connectivity index (χ0n) is 11.0. The van der Waals surface area contributed by atoms with Gasteiger partial charge in [0.1, 0.15) is 22.1 Å². The summed E-state index contributed by atoms with van der Waals surface area (Å²) in [6.45, 7) is 6.16. The van der Waals surface area contributed by atoms with Crippen molar-refractivity contribution in [1.82, 2.24) is 9.97 Å². The first-order valence-electron chi connectivity index (χ1n) is 5.92. The van der Waals surface area contributed by atoms with Crippen molar-refractivity contribution in [3.63, 3.8) is 0 Å². The van der Waals surface area contributed by atoms with Gasteiger partial charge in [-0.15, -0.1) is 0 Å². The van der Waals surface area contributed by atoms with E-state index < -0.39 is 0 Å². The van der Waals surface area contributed by atoms with Crippen LogP contribution in [0.3, 0.4) is 0 Å². The van der Waals surface area contributed by atoms with Gasteiger partial charge in [0.15, 0.2) is 0 Å². The number of aromatic nitrogens is 2. The lowest BCUT2D eigenvalue weighted by Crippen LogP contribution is -2.16. The Morgan fingerprint density at radius 1 is 1.11 bits per heavy atom. The molecule has 0 spiro atoms. The van der Waals surface area contributed by atoms with Crippen LogP contribution in [-0.2, 0) is 5.41 Å². The van der Waals surface area contributed by atoms with Crippen molar-refractivity contribution in [2.24, 2.45) is 0 Å². The predicted octanol–water partition coefficient (Wildman–Crippen LogP) is 4.42. The van der Waals surface area contributed by atoms with Gasteiger partial charge >= 0.3 is 0 Å². The molecule has 2 rings (SSSR count). The molecular weight excluding hydrogens is 309 g/mol. The SMILES string of the molecule is CC(C)(C)c1nc(Br)cc(Nc2ccc(F)cc2)n1. The number of nitrogens with one attached hydrogen (secondary N) is 1. The molecule has 3 nitrogen and oxygen atoms in total. The Hall–Kier alpha value is -1.49. The number of anilines is 2. The second-order valence-corrected chi connectivity index (χ2v) is 6.09. The predicted molar refractivity (Wildman–Crippen MR) is 78.1 cm³/mol. The number of halogens is 2. The number of hydrogen-bond donors (Lipinski definition) is 1. The maximum absolute atomic E-state index is 12.8. The third kappa shape index (κ3) is 3.73. The average molecular weight is 324 g/mol. The fraction of sp³-hybridized carbons (Fsp3) is 0.286. The van der Waals surface area contributed by atoms with Crippen molar-refractivity contribution in [1.29, 1.82) is 0 Å². The molecule has 0 bridgehead atoms. The van der Waals surface area contributed by atoms with Crippen LogP contribution >= 0.6 is 15.9 Å². The van der Waals surface area contributed by atoms with E-state index in [2.05, 4.69) is 52.0 Å². The van der Waals surface area contributed by atoms with Crippen molar-refractivity contribution in [2.75, 3.05) is 5.32 Å². The summed E-state index contributed by atoms with van der Waals surface area (Å²) in [7, 11) is 0. The molecule has 0 radical (unpaired) electrons. The second-order valence-electron chi connectivity index (χ2n) is 5.28. The Kier molecular flexibility index (Phi) is 3.85. The largest absolute Gasteiger partial charge is 0.340 e. The Morgan fingerprint density at radius 2 is 1.74 bits per heavy atom. The van der Waals surface area contributed by atoms with Crippen LogP contribution in [0.15, 0.2) is 34.9 Å². The summed E-state index contributed by atoms with van der Waals surface area (Å²) in [5.74, 6) is 1.16. The fourth-order valence-electron chi connectivity index (χ4n) is 1.50. The highest BCUT2D eigenvalue weighted by atomic mass is 79.9. The van der Waals surface area contributed by atoms with Gasteiger partial charge in [0, 0.05) is 17.2 Å². The lowest BCUT2D eigenvalue weighted by molar-refractivity contribution is 0.544. The van der Waals surface area contributed by atoms with Gasteiger partial charge in [-0.05, 0) is 40.2 Å². The average Bonchev–Trinajstić information content (AvgIpc) is 2.30. The van der Waals surface area contributed by atoms with Crippen LogP contribution in [-0.4, -0.2) is 9.97 Å². The summed E-state index contributed by atoms with van der Waals surface area (Å²) in [5, 5.41) is 3.14. The number of hydrogen-bond acceptors (Lipinski definition) is 3. The van der Waals surface area contributed by atoms with Crippen LogP contribution in [0.4, 0.5) is 15.9 Å². The summed E-state index contributed by atoms with van der Waals surface area (Å²) < 4.78 is 13.6. The van der Waals surface area contributed by atoms with E-state index in [1.807, 2.05) is 0 Å². The van der Waals surface area contributed by atoms with Crippen molar-refractivity contribution in [2.45, 2.75) is 26.2 Å². The highest BCUT2D eigenvalue weighted by Crippen LogP contribution is 2.24. The van der Waals surface area contributed by atoms with Gasteiger partial charge in [-0.25, -0.2) is 14.4 Å². The molecule has 2 aromatic rings. The normalized spacial score (nSPS) is 11.4. The maximum atomic E-state index is 12.8. The highest BCUT2D eigenvalue weighted by Gasteiger charge is 2.18. The van der Waals surface area contributed by atoms with Gasteiger partial charge in [-0.2, -0.15) is 0 Å². The van der Waals surface area contributed by atoms with Crippen LogP contribution < -0.4 is 5.32 Å². The summed E-state index contributed by atoms with van der Waals surface area (Å²) in [6, 6.07) is 7.94. The fourth-order valence-corrected chi connectivity index (χ4v) is 1.88. The summed E-state index contributed by atoms with van der Waals surface area (Å²) in [6.07, 6.45) is 0. The minimum absolute atomic E-state index is 0.136. The summed E-state index contributed by atoms with van der Waals surface area (Å²) in [4.78, 5) is 8.84. The molecule has 0 amide bonds. The number of nitrogens with zero attached hydrogens (tertiary/aromatic N) is 2. The zero-order valence-corrected chi connectivity index (χ0v) is 12.6. The lowest BCUT2D eigenvalue weighted by Gasteiger charge is -2.18. The molecule has 0 aliphatic carbocycles. The molecule has 1 heterocycles. The smallest absolute Gasteiger partial charge is 0.137 e. The monoisotopic (exact) mass is 323 g/mol. The molecule has 1 aromatic carbocycles. The van der Waals surface area contributed by atoms with Gasteiger partial charge in [0.2, 0.25) is 0 Å². The third-order valence-electron chi connectivity index (χ3n) is 2.48. The molecule has 0 unspecified atom stereocenters. The van der Waals surface area contributed by atoms with Crippen molar-refractivity contribution in [3.05, 3.63) is 46.6 Å². The van der Waals surface area contributed by atoms with Crippen LogP contribution in [0.25, 0.3) is 0 Å². The molecule has 0 saturated carbocycles. The van der Waals surface area contributed by atoms with Gasteiger partial charge < -0.3 is 5.32 Å². The van der Waals surface area contributed by atoms with E-state index in [1.54, 1.807) is 18.2 Å². The van der Waals surface area contributed by atoms with Crippen molar-refractivity contribution >= 4 is 27.4 Å². The van der Waals surface area contributed by atoms with E-state index in [1.165, 1.54) is 12.1 Å². The Morgan fingerprint density at radius 3 is 2.32 bits per heavy atom. The van der Waals surface area contributed by atoms with Crippen molar-refractivity contribution < 1.29 is 4.39 Å². The van der Waals surface area contributed by atoms with Gasteiger partial charge in [-0.3, -0.25) is 0 Å². The van der Waals surface area contributed by atoms with Gasteiger partial charge in [0.25, 0.3) is 0 Å².